The summed E-state index contributed by atoms with van der Waals surface area (Å²) in [4.78, 5) is 16.2. The van der Waals surface area contributed by atoms with E-state index in [1.54, 1.807) is 0 Å². The summed E-state index contributed by atoms with van der Waals surface area (Å²) in [6, 6.07) is 7.61. The molecule has 1 heterocycles. The van der Waals surface area contributed by atoms with E-state index in [0.717, 1.165) is 41.7 Å². The highest BCUT2D eigenvalue weighted by atomic mass is 32.1. The van der Waals surface area contributed by atoms with E-state index in [1.807, 2.05) is 0 Å². The van der Waals surface area contributed by atoms with Crippen LogP contribution in [-0.4, -0.2) is 10.9 Å². The summed E-state index contributed by atoms with van der Waals surface area (Å²) in [5.74, 6) is -3.10. The zero-order chi connectivity index (χ0) is 18.9. The van der Waals surface area contributed by atoms with E-state index in [9.17, 15) is 26.7 Å². The molecule has 1 N–H and O–H groups in total. The maximum atomic E-state index is 13.6. The van der Waals surface area contributed by atoms with E-state index in [0.29, 0.717) is 4.88 Å². The molecule has 2 aromatic carbocycles. The highest BCUT2D eigenvalue weighted by molar-refractivity contribution is 7.19. The van der Waals surface area contributed by atoms with Gasteiger partial charge < -0.3 is 0 Å². The largest absolute Gasteiger partial charge is 0.416 e. The number of amides is 1. The molecular formula is C17H9F5N2OS. The molecule has 9 heteroatoms. The Labute approximate surface area is 148 Å². The lowest BCUT2D eigenvalue weighted by molar-refractivity contribution is -0.137. The summed E-state index contributed by atoms with van der Waals surface area (Å²) < 4.78 is 65.6. The maximum Gasteiger partial charge on any atom is 0.416 e. The zero-order valence-electron chi connectivity index (χ0n) is 12.8. The van der Waals surface area contributed by atoms with Crippen molar-refractivity contribution in [2.24, 2.45) is 0 Å². The molecule has 3 aromatic rings. The Bertz CT molecular complexity index is 948. The number of aromatic nitrogens is 1. The summed E-state index contributed by atoms with van der Waals surface area (Å²) in [5, 5.41) is 2.25. The molecule has 3 nitrogen and oxygen atoms in total. The lowest BCUT2D eigenvalue weighted by Gasteiger charge is -2.07. The molecule has 3 rings (SSSR count). The Morgan fingerprint density at radius 2 is 1.69 bits per heavy atom. The van der Waals surface area contributed by atoms with Gasteiger partial charge in [0.2, 0.25) is 0 Å². The van der Waals surface area contributed by atoms with Crippen LogP contribution in [0.4, 0.5) is 27.1 Å². The monoisotopic (exact) mass is 384 g/mol. The van der Waals surface area contributed by atoms with Crippen molar-refractivity contribution in [3.05, 3.63) is 71.4 Å². The summed E-state index contributed by atoms with van der Waals surface area (Å²) >= 11 is 0.885. The second-order valence-electron chi connectivity index (χ2n) is 5.16. The number of carbonyl (C=O) groups is 1. The highest BCUT2D eigenvalue weighted by Gasteiger charge is 2.30. The van der Waals surface area contributed by atoms with Crippen LogP contribution in [0.25, 0.3) is 10.4 Å². The molecule has 0 unspecified atom stereocenters. The van der Waals surface area contributed by atoms with Crippen LogP contribution < -0.4 is 5.32 Å². The van der Waals surface area contributed by atoms with Crippen LogP contribution >= 0.6 is 11.3 Å². The third-order valence-electron chi connectivity index (χ3n) is 3.39. The summed E-state index contributed by atoms with van der Waals surface area (Å²) in [5.41, 5.74) is -1.32. The van der Waals surface area contributed by atoms with Crippen LogP contribution in [-0.2, 0) is 6.18 Å². The Morgan fingerprint density at radius 3 is 2.35 bits per heavy atom. The van der Waals surface area contributed by atoms with Gasteiger partial charge in [0, 0.05) is 6.20 Å². The topological polar surface area (TPSA) is 42.0 Å². The molecule has 1 aromatic heterocycles. The SMILES string of the molecule is O=C(Nc1ncc(-c2cccc(C(F)(F)F)c2)s1)c1c(F)cccc1F. The quantitative estimate of drug-likeness (QED) is 0.618. The number of halogens is 5. The molecular weight excluding hydrogens is 375 g/mol. The number of nitrogens with zero attached hydrogens (tertiary/aromatic N) is 1. The van der Waals surface area contributed by atoms with Gasteiger partial charge in [0.25, 0.3) is 5.91 Å². The second-order valence-corrected chi connectivity index (χ2v) is 6.19. The number of thiazole rings is 1. The van der Waals surface area contributed by atoms with Crippen molar-refractivity contribution in [2.75, 3.05) is 5.32 Å². The first kappa shape index (κ1) is 18.0. The molecule has 0 fully saturated rings. The fourth-order valence-corrected chi connectivity index (χ4v) is 3.00. The van der Waals surface area contributed by atoms with Crippen molar-refractivity contribution < 1.29 is 26.7 Å². The molecule has 0 aliphatic carbocycles. The molecule has 0 radical (unpaired) electrons. The van der Waals surface area contributed by atoms with Gasteiger partial charge in [0.05, 0.1) is 10.4 Å². The number of carbonyl (C=O) groups excluding carboxylic acids is 1. The second kappa shape index (κ2) is 6.83. The number of rotatable bonds is 3. The molecule has 0 saturated carbocycles. The number of benzene rings is 2. The Kier molecular flexibility index (Phi) is 4.73. The van der Waals surface area contributed by atoms with E-state index < -0.39 is 34.8 Å². The minimum atomic E-state index is -4.49. The van der Waals surface area contributed by atoms with Gasteiger partial charge in [0.1, 0.15) is 17.2 Å². The summed E-state index contributed by atoms with van der Waals surface area (Å²) in [6.07, 6.45) is -3.21. The minimum absolute atomic E-state index is 0.00469. The van der Waals surface area contributed by atoms with Crippen LogP contribution in [0.15, 0.2) is 48.7 Å². The van der Waals surface area contributed by atoms with E-state index in [4.69, 9.17) is 0 Å². The third-order valence-corrected chi connectivity index (χ3v) is 4.35. The number of hydrogen-bond donors (Lipinski definition) is 1. The molecule has 0 spiro atoms. The fraction of sp³-hybridized carbons (Fsp3) is 0.0588. The van der Waals surface area contributed by atoms with Gasteiger partial charge in [-0.1, -0.05) is 29.5 Å². The van der Waals surface area contributed by atoms with Crippen LogP contribution in [0.1, 0.15) is 15.9 Å². The van der Waals surface area contributed by atoms with Crippen LogP contribution in [0.5, 0.6) is 0 Å². The number of anilines is 1. The standard InChI is InChI=1S/C17H9F5N2OS/c18-11-5-2-6-12(19)14(11)15(25)24-16-23-8-13(26-16)9-3-1-4-10(7-9)17(20,21)22/h1-8H,(H,23,24,25). The van der Waals surface area contributed by atoms with Gasteiger partial charge >= 0.3 is 6.18 Å². The molecule has 0 saturated heterocycles. The molecule has 0 atom stereocenters. The average Bonchev–Trinajstić information content (AvgIpc) is 3.02. The van der Waals surface area contributed by atoms with Gasteiger partial charge in [-0.05, 0) is 29.8 Å². The Morgan fingerprint density at radius 1 is 1.04 bits per heavy atom. The average molecular weight is 384 g/mol. The van der Waals surface area contributed by atoms with Gasteiger partial charge in [-0.15, -0.1) is 0 Å². The van der Waals surface area contributed by atoms with Crippen molar-refractivity contribution in [2.45, 2.75) is 6.18 Å². The predicted molar refractivity (Wildman–Crippen MR) is 86.9 cm³/mol. The number of hydrogen-bond acceptors (Lipinski definition) is 3. The molecule has 134 valence electrons. The summed E-state index contributed by atoms with van der Waals surface area (Å²) in [6.45, 7) is 0. The van der Waals surface area contributed by atoms with Crippen molar-refractivity contribution in [3.63, 3.8) is 0 Å². The first-order valence-corrected chi connectivity index (χ1v) is 7.96. The van der Waals surface area contributed by atoms with Gasteiger partial charge in [-0.25, -0.2) is 13.8 Å². The minimum Gasteiger partial charge on any atom is -0.298 e. The number of nitrogens with one attached hydrogen (secondary N) is 1. The molecule has 0 aliphatic heterocycles. The number of alkyl halides is 3. The maximum absolute atomic E-state index is 13.6. The van der Waals surface area contributed by atoms with E-state index >= 15 is 0 Å². The van der Waals surface area contributed by atoms with Gasteiger partial charge in [-0.3, -0.25) is 10.1 Å². The first-order chi connectivity index (χ1) is 12.3. The van der Waals surface area contributed by atoms with E-state index in [-0.39, 0.29) is 10.7 Å². The lowest BCUT2D eigenvalue weighted by Crippen LogP contribution is -2.15. The fourth-order valence-electron chi connectivity index (χ4n) is 2.19. The van der Waals surface area contributed by atoms with Crippen molar-refractivity contribution in [1.82, 2.24) is 4.98 Å². The zero-order valence-corrected chi connectivity index (χ0v) is 13.6. The summed E-state index contributed by atoms with van der Waals surface area (Å²) in [7, 11) is 0. The van der Waals surface area contributed by atoms with Gasteiger partial charge in [-0.2, -0.15) is 13.2 Å². The Hall–Kier alpha value is -2.81. The third kappa shape index (κ3) is 3.72. The molecule has 1 amide bonds. The highest BCUT2D eigenvalue weighted by Crippen LogP contribution is 2.34. The first-order valence-electron chi connectivity index (χ1n) is 7.14. The van der Waals surface area contributed by atoms with Crippen LogP contribution in [0, 0.1) is 11.6 Å². The normalized spacial score (nSPS) is 11.4. The van der Waals surface area contributed by atoms with Crippen molar-refractivity contribution >= 4 is 22.4 Å². The van der Waals surface area contributed by atoms with Crippen LogP contribution in [0.3, 0.4) is 0 Å². The van der Waals surface area contributed by atoms with Crippen LogP contribution in [0.2, 0.25) is 0 Å². The van der Waals surface area contributed by atoms with Crippen molar-refractivity contribution in [3.8, 4) is 10.4 Å². The van der Waals surface area contributed by atoms with E-state index in [1.165, 1.54) is 18.3 Å². The lowest BCUT2D eigenvalue weighted by atomic mass is 10.1. The molecule has 0 aliphatic rings. The van der Waals surface area contributed by atoms with Crippen molar-refractivity contribution in [1.29, 1.82) is 0 Å². The van der Waals surface area contributed by atoms with E-state index in [2.05, 4.69) is 10.3 Å². The Balaban J connectivity index is 1.84. The smallest absolute Gasteiger partial charge is 0.298 e. The molecule has 26 heavy (non-hydrogen) atoms. The van der Waals surface area contributed by atoms with Gasteiger partial charge in [0.15, 0.2) is 5.13 Å². The molecule has 0 bridgehead atoms. The predicted octanol–water partition coefficient (Wildman–Crippen LogP) is 5.36.